The number of quaternary nitrogens is 1. The van der Waals surface area contributed by atoms with Crippen molar-refractivity contribution in [3.8, 4) is 0 Å². The van der Waals surface area contributed by atoms with E-state index in [9.17, 15) is 19.6 Å². The number of hydrogen-bond donors (Lipinski definition) is 1. The number of carbonyl (C=O) groups excluding carboxylic acids is 3. The van der Waals surface area contributed by atoms with Crippen molar-refractivity contribution in [1.82, 2.24) is 9.97 Å². The summed E-state index contributed by atoms with van der Waals surface area (Å²) < 4.78 is 10.6. The molecule has 0 aromatic carbocycles. The fourth-order valence-electron chi connectivity index (χ4n) is 7.58. The largest absolute Gasteiger partial charge is 2.00 e. The van der Waals surface area contributed by atoms with Gasteiger partial charge in [-0.25, -0.2) is 0 Å². The number of rotatable bonds is 8. The van der Waals surface area contributed by atoms with E-state index < -0.39 is 17.7 Å². The third-order valence-electron chi connectivity index (χ3n) is 10.4. The molecule has 4 aliphatic rings. The predicted octanol–water partition coefficient (Wildman–Crippen LogP) is 5.97. The first-order chi connectivity index (χ1) is 23.8. The minimum Gasteiger partial charge on any atom is -0.664 e. The van der Waals surface area contributed by atoms with E-state index >= 15 is 0 Å². The van der Waals surface area contributed by atoms with Crippen molar-refractivity contribution in [2.75, 3.05) is 13.7 Å². The van der Waals surface area contributed by atoms with Gasteiger partial charge in [-0.2, -0.15) is 11.4 Å². The van der Waals surface area contributed by atoms with Crippen LogP contribution in [0.3, 0.4) is 0 Å². The predicted molar refractivity (Wildman–Crippen MR) is 198 cm³/mol. The van der Waals surface area contributed by atoms with Gasteiger partial charge in [-0.15, -0.1) is 22.8 Å². The molecule has 0 spiro atoms. The van der Waals surface area contributed by atoms with Crippen LogP contribution in [-0.2, 0) is 19.1 Å². The van der Waals surface area contributed by atoms with Gasteiger partial charge in [-0.3, -0.25) is 14.4 Å². The summed E-state index contributed by atoms with van der Waals surface area (Å²) >= 11 is 0. The van der Waals surface area contributed by atoms with Crippen LogP contribution in [0, 0.1) is 36.8 Å². The average Bonchev–Trinajstić information content (AvgIpc) is 3.80. The number of nitrogens with zero attached hydrogens (tertiary/aromatic N) is 3. The number of ether oxygens (including phenoxy) is 2. The van der Waals surface area contributed by atoms with E-state index in [0.717, 1.165) is 27.8 Å². The maximum absolute atomic E-state index is 14.2. The zero-order valence-electron chi connectivity index (χ0n) is 30.7. The van der Waals surface area contributed by atoms with E-state index in [0.29, 0.717) is 75.1 Å². The molecule has 262 valence electrons. The van der Waals surface area contributed by atoms with Crippen LogP contribution in [0.4, 0.5) is 0 Å². The number of methoxy groups -OCH3 is 1. The summed E-state index contributed by atoms with van der Waals surface area (Å²) in [5.41, 5.74) is 10.2. The molecule has 1 fully saturated rings. The topological polar surface area (TPSA) is 139 Å². The van der Waals surface area contributed by atoms with Gasteiger partial charge in [0, 0.05) is 23.1 Å². The standard InChI is InChI=1S/C40H44N4O6.Mg/c1-10-24-20(5)27-16-28-21(6)26(12-13-33(45)50-15-14-19(3)4)37(42-28)35-36(40(47)49-9)39(46)34-23(8)29(43-38(34)35)17-32-25(11-2)22(7)31(44(32)48)18-30(24)41-27;/h10,14,16-18,21,26,36,44H,1,11-13,15H2,2-9H3,(H-,42,43,46);/q-2;+2/p-1/b28-16-,31-18-,32-17-;/t21-,26-,36+;/m0./s1. The van der Waals surface area contributed by atoms with Crippen molar-refractivity contribution >= 4 is 70.7 Å². The fraction of sp³-hybridized carbons (Fsp3) is 0.375. The number of esters is 2. The van der Waals surface area contributed by atoms with Gasteiger partial charge in [0.1, 0.15) is 23.9 Å². The molecule has 5 heterocycles. The number of ketones is 1. The van der Waals surface area contributed by atoms with Gasteiger partial charge in [-0.05, 0) is 83.1 Å². The van der Waals surface area contributed by atoms with Crippen LogP contribution in [0.25, 0.3) is 35.2 Å². The van der Waals surface area contributed by atoms with Gasteiger partial charge in [0.2, 0.25) is 0 Å². The molecule has 1 N–H and O–H groups in total. The smallest absolute Gasteiger partial charge is 0.664 e. The fourth-order valence-corrected chi connectivity index (χ4v) is 7.58. The van der Waals surface area contributed by atoms with Gasteiger partial charge in [0.25, 0.3) is 0 Å². The van der Waals surface area contributed by atoms with E-state index in [2.05, 4.69) is 6.58 Å². The maximum Gasteiger partial charge on any atom is 2.00 e. The number of fused-ring (bicyclic) bond motifs is 7. The summed E-state index contributed by atoms with van der Waals surface area (Å²) in [6.45, 7) is 17.8. The Labute approximate surface area is 315 Å². The molecule has 6 rings (SSSR count). The minimum absolute atomic E-state index is 0. The van der Waals surface area contributed by atoms with E-state index in [-0.39, 0.29) is 58.9 Å². The van der Waals surface area contributed by atoms with Crippen LogP contribution in [0.2, 0.25) is 0 Å². The first kappa shape index (κ1) is 38.1. The first-order valence-electron chi connectivity index (χ1n) is 17.1. The molecular formula is C40H43MgN4O6-. The van der Waals surface area contributed by atoms with Crippen LogP contribution in [0.15, 0.2) is 52.2 Å². The zero-order chi connectivity index (χ0) is 36.2. The van der Waals surface area contributed by atoms with E-state index in [4.69, 9.17) is 24.8 Å². The molecule has 0 saturated carbocycles. The first-order valence-corrected chi connectivity index (χ1v) is 17.1. The van der Waals surface area contributed by atoms with Crippen LogP contribution in [-0.4, -0.2) is 54.5 Å². The number of Topliss-reactive ketones (excluding diaryl/α,β-unsaturated/α-hetero) is 1. The molecule has 1 unspecified atom stereocenters. The number of hydroxylamine groups is 2. The Morgan fingerprint density at radius 2 is 1.73 bits per heavy atom. The second-order valence-electron chi connectivity index (χ2n) is 13.6. The summed E-state index contributed by atoms with van der Waals surface area (Å²) in [4.78, 5) is 50.4. The Bertz CT molecular complexity index is 2030. The third kappa shape index (κ3) is 6.45. The van der Waals surface area contributed by atoms with Crippen molar-refractivity contribution in [2.45, 2.75) is 67.7 Å². The maximum atomic E-state index is 14.2. The van der Waals surface area contributed by atoms with Crippen LogP contribution >= 0.6 is 0 Å². The number of carbonyl (C=O) groups is 3. The van der Waals surface area contributed by atoms with Crippen LogP contribution in [0.5, 0.6) is 0 Å². The Morgan fingerprint density at radius 1 is 1.04 bits per heavy atom. The third-order valence-corrected chi connectivity index (χ3v) is 10.4. The Kier molecular flexibility index (Phi) is 11.1. The second-order valence-corrected chi connectivity index (χ2v) is 13.6. The molecule has 11 heteroatoms. The van der Waals surface area contributed by atoms with Gasteiger partial charge >= 0.3 is 35.0 Å². The summed E-state index contributed by atoms with van der Waals surface area (Å²) in [5, 5.41) is 19.1. The van der Waals surface area contributed by atoms with E-state index in [1.807, 2.05) is 59.8 Å². The SMILES string of the molecule is C=Cc1c2[n-]c(c1C)/C=C1\[N-]/C(=C3\c4[n-]c(c(C)c4C(=O)[C@@H]3C(=O)OC)/C=C3/C(CC)=C(C)/C(=C/2)[NH+]3[O-])[C@@H](CCC(=O)OCC=C(C)C)[C@@H]1C.[Mg+2]. The quantitative estimate of drug-likeness (QED) is 0.117. The molecule has 8 bridgehead atoms. The molecule has 2 aromatic heterocycles. The molecular weight excluding hydrogens is 657 g/mol. The number of hydrogen-bond acceptors (Lipinski definition) is 6. The van der Waals surface area contributed by atoms with E-state index in [1.165, 1.54) is 7.11 Å². The van der Waals surface area contributed by atoms with Crippen molar-refractivity contribution in [1.29, 1.82) is 0 Å². The molecule has 1 aliphatic carbocycles. The van der Waals surface area contributed by atoms with Crippen LogP contribution < -0.4 is 15.0 Å². The molecule has 0 radical (unpaired) electrons. The molecule has 1 saturated heterocycles. The molecule has 51 heavy (non-hydrogen) atoms. The number of aromatic nitrogens is 2. The summed E-state index contributed by atoms with van der Waals surface area (Å²) in [7, 11) is 1.26. The second kappa shape index (κ2) is 14.8. The molecule has 3 aliphatic heterocycles. The Hall–Kier alpha value is -4.16. The summed E-state index contributed by atoms with van der Waals surface area (Å²) in [6.07, 6.45) is 10.2. The van der Waals surface area contributed by atoms with Crippen molar-refractivity contribution in [3.63, 3.8) is 0 Å². The summed E-state index contributed by atoms with van der Waals surface area (Å²) in [6, 6.07) is 0. The Balaban J connectivity index is 0.00000504. The van der Waals surface area contributed by atoms with Crippen molar-refractivity contribution in [2.24, 2.45) is 17.8 Å². The zero-order valence-corrected chi connectivity index (χ0v) is 32.1. The normalized spacial score (nSPS) is 26.3. The molecule has 0 amide bonds. The van der Waals surface area contributed by atoms with E-state index in [1.54, 1.807) is 19.1 Å². The molecule has 4 atom stereocenters. The molecule has 10 nitrogen and oxygen atoms in total. The monoisotopic (exact) mass is 699 g/mol. The van der Waals surface area contributed by atoms with Gasteiger partial charge < -0.3 is 35.0 Å². The van der Waals surface area contributed by atoms with Crippen molar-refractivity contribution < 1.29 is 28.9 Å². The van der Waals surface area contributed by atoms with Crippen LogP contribution in [0.1, 0.15) is 104 Å². The van der Waals surface area contributed by atoms with Crippen molar-refractivity contribution in [3.05, 3.63) is 108 Å². The molecule has 2 aromatic rings. The summed E-state index contributed by atoms with van der Waals surface area (Å²) in [5.74, 6) is -3.30. The minimum atomic E-state index is -1.26. The average molecular weight is 700 g/mol. The number of nitrogens with one attached hydrogen (secondary N) is 1. The van der Waals surface area contributed by atoms with Gasteiger partial charge in [-0.1, -0.05) is 54.9 Å². The number of allylic oxidation sites excluding steroid dienone is 5. The van der Waals surface area contributed by atoms with Gasteiger partial charge in [0.05, 0.1) is 7.11 Å². The van der Waals surface area contributed by atoms with Gasteiger partial charge in [0.15, 0.2) is 5.78 Å². The Morgan fingerprint density at radius 3 is 2.37 bits per heavy atom.